The van der Waals surface area contributed by atoms with E-state index in [2.05, 4.69) is 34.5 Å². The number of sulfonamides is 1. The van der Waals surface area contributed by atoms with Crippen molar-refractivity contribution in [3.8, 4) is 0 Å². The zero-order valence-corrected chi connectivity index (χ0v) is 13.5. The van der Waals surface area contributed by atoms with E-state index in [9.17, 15) is 8.42 Å². The summed E-state index contributed by atoms with van der Waals surface area (Å²) >= 11 is 9.31. The van der Waals surface area contributed by atoms with E-state index < -0.39 is 10.0 Å². The van der Waals surface area contributed by atoms with Gasteiger partial charge in [-0.15, -0.1) is 11.6 Å². The lowest BCUT2D eigenvalue weighted by atomic mass is 10.1. The third-order valence-corrected chi connectivity index (χ3v) is 4.58. The van der Waals surface area contributed by atoms with E-state index in [1.54, 1.807) is 24.3 Å². The third-order valence-electron chi connectivity index (χ3n) is 2.33. The molecule has 1 unspecified atom stereocenters. The standard InChI is InChI=1S/C12H17BrClNO2S/c1-9(2)6-11(14)8-15-18(16,17)12-5-3-4-10(13)7-12/h3-5,7,9,11,15H,6,8H2,1-2H3. The molecule has 0 saturated heterocycles. The van der Waals surface area contributed by atoms with Crippen molar-refractivity contribution in [1.82, 2.24) is 4.72 Å². The Kier molecular flexibility index (Phi) is 6.11. The average Bonchev–Trinajstić information content (AvgIpc) is 2.26. The smallest absolute Gasteiger partial charge is 0.210 e. The largest absolute Gasteiger partial charge is 0.240 e. The molecule has 0 amide bonds. The van der Waals surface area contributed by atoms with Gasteiger partial charge in [0, 0.05) is 16.4 Å². The summed E-state index contributed by atoms with van der Waals surface area (Å²) < 4.78 is 27.2. The molecule has 1 rings (SSSR count). The van der Waals surface area contributed by atoms with E-state index in [0.29, 0.717) is 5.92 Å². The Balaban J connectivity index is 2.66. The molecule has 0 aliphatic heterocycles. The van der Waals surface area contributed by atoms with Crippen molar-refractivity contribution in [3.63, 3.8) is 0 Å². The Morgan fingerprint density at radius 2 is 2.06 bits per heavy atom. The summed E-state index contributed by atoms with van der Waals surface area (Å²) in [5, 5.41) is -0.188. The van der Waals surface area contributed by atoms with E-state index in [4.69, 9.17) is 11.6 Å². The van der Waals surface area contributed by atoms with Gasteiger partial charge in [-0.05, 0) is 30.5 Å². The molecular weight excluding hydrogens is 338 g/mol. The van der Waals surface area contributed by atoms with Crippen LogP contribution in [0, 0.1) is 5.92 Å². The fourth-order valence-electron chi connectivity index (χ4n) is 1.51. The number of alkyl halides is 1. The van der Waals surface area contributed by atoms with Crippen molar-refractivity contribution in [3.05, 3.63) is 28.7 Å². The highest BCUT2D eigenvalue weighted by atomic mass is 79.9. The van der Waals surface area contributed by atoms with Gasteiger partial charge in [-0.1, -0.05) is 35.8 Å². The zero-order chi connectivity index (χ0) is 13.8. The maximum Gasteiger partial charge on any atom is 0.240 e. The summed E-state index contributed by atoms with van der Waals surface area (Å²) in [6.45, 7) is 4.35. The molecule has 1 aromatic carbocycles. The van der Waals surface area contributed by atoms with Gasteiger partial charge in [-0.25, -0.2) is 13.1 Å². The van der Waals surface area contributed by atoms with Crippen LogP contribution in [-0.4, -0.2) is 20.3 Å². The lowest BCUT2D eigenvalue weighted by molar-refractivity contribution is 0.544. The third kappa shape index (κ3) is 5.26. The van der Waals surface area contributed by atoms with Gasteiger partial charge < -0.3 is 0 Å². The monoisotopic (exact) mass is 353 g/mol. The van der Waals surface area contributed by atoms with Gasteiger partial charge in [-0.2, -0.15) is 0 Å². The minimum absolute atomic E-state index is 0.188. The van der Waals surface area contributed by atoms with Crippen LogP contribution in [0.1, 0.15) is 20.3 Å². The first kappa shape index (κ1) is 16.0. The Morgan fingerprint density at radius 3 is 2.61 bits per heavy atom. The Labute approximate surface area is 122 Å². The number of hydrogen-bond donors (Lipinski definition) is 1. The molecular formula is C12H17BrClNO2S. The number of benzene rings is 1. The predicted molar refractivity (Wildman–Crippen MR) is 78.4 cm³/mol. The van der Waals surface area contributed by atoms with Crippen LogP contribution in [0.4, 0.5) is 0 Å². The van der Waals surface area contributed by atoms with Crippen LogP contribution in [0.25, 0.3) is 0 Å². The second kappa shape index (κ2) is 6.89. The van der Waals surface area contributed by atoms with Crippen LogP contribution < -0.4 is 4.72 Å². The molecule has 0 radical (unpaired) electrons. The summed E-state index contributed by atoms with van der Waals surface area (Å²) in [5.74, 6) is 0.447. The summed E-state index contributed by atoms with van der Waals surface area (Å²) in [5.41, 5.74) is 0. The molecule has 18 heavy (non-hydrogen) atoms. The molecule has 6 heteroatoms. The second-order valence-corrected chi connectivity index (χ2v) is 7.84. The van der Waals surface area contributed by atoms with Gasteiger partial charge in [0.15, 0.2) is 0 Å². The number of nitrogens with one attached hydrogen (secondary N) is 1. The first-order valence-electron chi connectivity index (χ1n) is 5.70. The molecule has 0 aromatic heterocycles. The highest BCUT2D eigenvalue weighted by Gasteiger charge is 2.16. The topological polar surface area (TPSA) is 46.2 Å². The fraction of sp³-hybridized carbons (Fsp3) is 0.500. The van der Waals surface area contributed by atoms with Crippen LogP contribution in [0.3, 0.4) is 0 Å². The van der Waals surface area contributed by atoms with Crippen molar-refractivity contribution in [2.45, 2.75) is 30.5 Å². The molecule has 0 saturated carbocycles. The van der Waals surface area contributed by atoms with Crippen molar-refractivity contribution in [1.29, 1.82) is 0 Å². The maximum atomic E-state index is 12.0. The van der Waals surface area contributed by atoms with Crippen molar-refractivity contribution >= 4 is 37.6 Å². The lowest BCUT2D eigenvalue weighted by Gasteiger charge is -2.13. The van der Waals surface area contributed by atoms with Crippen LogP contribution in [0.5, 0.6) is 0 Å². The van der Waals surface area contributed by atoms with Crippen LogP contribution in [0.2, 0.25) is 0 Å². The van der Waals surface area contributed by atoms with Gasteiger partial charge in [-0.3, -0.25) is 0 Å². The second-order valence-electron chi connectivity index (χ2n) is 4.54. The van der Waals surface area contributed by atoms with Crippen molar-refractivity contribution in [2.75, 3.05) is 6.54 Å². The van der Waals surface area contributed by atoms with E-state index in [0.717, 1.165) is 10.9 Å². The first-order chi connectivity index (χ1) is 8.31. The highest BCUT2D eigenvalue weighted by molar-refractivity contribution is 9.10. The predicted octanol–water partition coefficient (Wildman–Crippen LogP) is 3.38. The summed E-state index contributed by atoms with van der Waals surface area (Å²) in [6, 6.07) is 6.58. The van der Waals surface area contributed by atoms with Gasteiger partial charge in [0.25, 0.3) is 0 Å². The minimum atomic E-state index is -3.48. The summed E-state index contributed by atoms with van der Waals surface area (Å²) in [6.07, 6.45) is 0.780. The Morgan fingerprint density at radius 1 is 1.39 bits per heavy atom. The molecule has 1 atom stereocenters. The molecule has 0 fully saturated rings. The molecule has 102 valence electrons. The molecule has 0 heterocycles. The van der Waals surface area contributed by atoms with E-state index >= 15 is 0 Å². The van der Waals surface area contributed by atoms with Gasteiger partial charge in [0.05, 0.1) is 4.90 Å². The van der Waals surface area contributed by atoms with E-state index in [-0.39, 0.29) is 16.8 Å². The molecule has 0 aliphatic carbocycles. The number of hydrogen-bond acceptors (Lipinski definition) is 2. The SMILES string of the molecule is CC(C)CC(Cl)CNS(=O)(=O)c1cccc(Br)c1. The summed E-state index contributed by atoms with van der Waals surface area (Å²) in [7, 11) is -3.48. The van der Waals surface area contributed by atoms with E-state index in [1.165, 1.54) is 0 Å². The maximum absolute atomic E-state index is 12.0. The van der Waals surface area contributed by atoms with Crippen LogP contribution in [-0.2, 0) is 10.0 Å². The molecule has 1 aromatic rings. The normalized spacial score (nSPS) is 13.8. The van der Waals surface area contributed by atoms with Gasteiger partial charge in [0.1, 0.15) is 0 Å². The fourth-order valence-corrected chi connectivity index (χ4v) is 3.72. The quantitative estimate of drug-likeness (QED) is 0.796. The average molecular weight is 355 g/mol. The summed E-state index contributed by atoms with van der Waals surface area (Å²) in [4.78, 5) is 0.241. The van der Waals surface area contributed by atoms with E-state index in [1.807, 2.05) is 0 Å². The van der Waals surface area contributed by atoms with Crippen LogP contribution >= 0.6 is 27.5 Å². The first-order valence-corrected chi connectivity index (χ1v) is 8.42. The Bertz CT molecular complexity index is 491. The molecule has 0 aliphatic rings. The Hall–Kier alpha value is -0.100. The molecule has 3 nitrogen and oxygen atoms in total. The lowest BCUT2D eigenvalue weighted by Crippen LogP contribution is -2.30. The highest BCUT2D eigenvalue weighted by Crippen LogP contribution is 2.16. The van der Waals surface area contributed by atoms with Crippen LogP contribution in [0.15, 0.2) is 33.6 Å². The molecule has 1 N–H and O–H groups in total. The molecule has 0 bridgehead atoms. The minimum Gasteiger partial charge on any atom is -0.210 e. The van der Waals surface area contributed by atoms with Crippen molar-refractivity contribution < 1.29 is 8.42 Å². The van der Waals surface area contributed by atoms with Gasteiger partial charge >= 0.3 is 0 Å². The zero-order valence-electron chi connectivity index (χ0n) is 10.4. The number of halogens is 2. The van der Waals surface area contributed by atoms with Gasteiger partial charge in [0.2, 0.25) is 10.0 Å². The van der Waals surface area contributed by atoms with Crippen molar-refractivity contribution in [2.24, 2.45) is 5.92 Å². The number of rotatable bonds is 6. The molecule has 0 spiro atoms.